The van der Waals surface area contributed by atoms with E-state index in [2.05, 4.69) is 59.0 Å². The van der Waals surface area contributed by atoms with E-state index in [1.165, 1.54) is 44.1 Å². The van der Waals surface area contributed by atoms with Crippen LogP contribution in [0.2, 0.25) is 0 Å². The Hall–Kier alpha value is -3.66. The molecule has 1 N–H and O–H groups in total. The molecular weight excluding hydrogens is 418 g/mol. The molecule has 0 saturated heterocycles. The molecule has 0 radical (unpaired) electrons. The number of carbonyl (C=O) groups is 1. The maximum atomic E-state index is 11.0. The predicted octanol–water partition coefficient (Wildman–Crippen LogP) is 6.11. The number of aldehydes is 1. The summed E-state index contributed by atoms with van der Waals surface area (Å²) in [6, 6.07) is 21.9. The normalized spacial score (nSPS) is 10.0. The van der Waals surface area contributed by atoms with Crippen LogP contribution in [0.4, 0.5) is 0 Å². The lowest BCUT2D eigenvalue weighted by molar-refractivity contribution is 0.111. The highest BCUT2D eigenvalue weighted by Gasteiger charge is 2.00. The number of nitrogens with zero attached hydrogens (tertiary/aromatic N) is 1. The molecule has 0 amide bonds. The van der Waals surface area contributed by atoms with Gasteiger partial charge in [-0.2, -0.15) is 0 Å². The second-order valence-electron chi connectivity index (χ2n) is 8.28. The van der Waals surface area contributed by atoms with Gasteiger partial charge < -0.3 is 5.11 Å². The molecule has 2 aromatic carbocycles. The van der Waals surface area contributed by atoms with Gasteiger partial charge in [0.25, 0.3) is 0 Å². The standard InChI is InChI=1S/C31H31NO2/c33-24-30-22-29(23-31(25-34)32-30)21-20-28-18-16-27(17-19-28)15-9-6-4-2-1-3-5-8-12-26-13-10-7-11-14-26/h7,10-11,13-14,16-19,22-24,34H,1-6,8,12,25H2. The number of hydrogen-bond donors (Lipinski definition) is 1. The molecule has 3 aromatic rings. The Bertz CT molecular complexity index is 1160. The van der Waals surface area contributed by atoms with Crippen molar-refractivity contribution in [3.05, 3.63) is 100 Å². The van der Waals surface area contributed by atoms with Crippen LogP contribution in [0.3, 0.4) is 0 Å². The van der Waals surface area contributed by atoms with Crippen molar-refractivity contribution in [2.24, 2.45) is 0 Å². The van der Waals surface area contributed by atoms with Gasteiger partial charge in [0.1, 0.15) is 5.69 Å². The molecule has 172 valence electrons. The van der Waals surface area contributed by atoms with Crippen molar-refractivity contribution in [3.8, 4) is 23.7 Å². The molecule has 34 heavy (non-hydrogen) atoms. The van der Waals surface area contributed by atoms with Crippen LogP contribution in [0.5, 0.6) is 0 Å². The quantitative estimate of drug-likeness (QED) is 0.231. The summed E-state index contributed by atoms with van der Waals surface area (Å²) in [4.78, 5) is 15.0. The Morgan fingerprint density at radius 3 is 2.09 bits per heavy atom. The van der Waals surface area contributed by atoms with E-state index in [1.54, 1.807) is 12.1 Å². The molecule has 1 aromatic heterocycles. The Morgan fingerprint density at radius 1 is 0.735 bits per heavy atom. The average molecular weight is 450 g/mol. The molecule has 1 heterocycles. The third kappa shape index (κ3) is 9.07. The van der Waals surface area contributed by atoms with Crippen LogP contribution in [-0.4, -0.2) is 16.4 Å². The van der Waals surface area contributed by atoms with Gasteiger partial charge in [0.2, 0.25) is 0 Å². The number of aliphatic hydroxyl groups is 1. The maximum absolute atomic E-state index is 11.0. The highest BCUT2D eigenvalue weighted by Crippen LogP contribution is 2.11. The summed E-state index contributed by atoms with van der Waals surface area (Å²) in [6.07, 6.45) is 10.3. The molecule has 0 aliphatic rings. The summed E-state index contributed by atoms with van der Waals surface area (Å²) in [6.45, 7) is -0.224. The maximum Gasteiger partial charge on any atom is 0.168 e. The smallest absolute Gasteiger partial charge is 0.168 e. The van der Waals surface area contributed by atoms with E-state index in [0.717, 1.165) is 24.0 Å². The summed E-state index contributed by atoms with van der Waals surface area (Å²) in [5.41, 5.74) is 4.65. The van der Waals surface area contributed by atoms with E-state index in [4.69, 9.17) is 0 Å². The molecule has 0 saturated carbocycles. The Balaban J connectivity index is 1.35. The summed E-state index contributed by atoms with van der Waals surface area (Å²) in [5, 5.41) is 9.26. The molecule has 3 heteroatoms. The van der Waals surface area contributed by atoms with Crippen LogP contribution in [0, 0.1) is 23.7 Å². The van der Waals surface area contributed by atoms with Crippen LogP contribution < -0.4 is 0 Å². The summed E-state index contributed by atoms with van der Waals surface area (Å²) < 4.78 is 0. The van der Waals surface area contributed by atoms with E-state index in [9.17, 15) is 9.90 Å². The van der Waals surface area contributed by atoms with Gasteiger partial charge in [-0.3, -0.25) is 4.79 Å². The average Bonchev–Trinajstić information content (AvgIpc) is 2.89. The van der Waals surface area contributed by atoms with Gasteiger partial charge in [-0.05, 0) is 61.2 Å². The summed E-state index contributed by atoms with van der Waals surface area (Å²) in [7, 11) is 0. The number of benzene rings is 2. The highest BCUT2D eigenvalue weighted by atomic mass is 16.3. The van der Waals surface area contributed by atoms with E-state index in [1.807, 2.05) is 24.3 Å². The molecule has 3 rings (SSSR count). The third-order valence-corrected chi connectivity index (χ3v) is 5.51. The first-order valence-electron chi connectivity index (χ1n) is 12.0. The Kier molecular flexibility index (Phi) is 10.6. The van der Waals surface area contributed by atoms with Gasteiger partial charge in [0.15, 0.2) is 6.29 Å². The van der Waals surface area contributed by atoms with Crippen molar-refractivity contribution in [2.75, 3.05) is 0 Å². The van der Waals surface area contributed by atoms with Gasteiger partial charge >= 0.3 is 0 Å². The second kappa shape index (κ2) is 14.5. The van der Waals surface area contributed by atoms with Gasteiger partial charge in [-0.1, -0.05) is 79.7 Å². The minimum Gasteiger partial charge on any atom is -0.390 e. The van der Waals surface area contributed by atoms with Gasteiger partial charge in [-0.25, -0.2) is 4.98 Å². The van der Waals surface area contributed by atoms with Crippen molar-refractivity contribution < 1.29 is 9.90 Å². The first-order chi connectivity index (χ1) is 16.8. The molecule has 0 aliphatic carbocycles. The monoisotopic (exact) mass is 449 g/mol. The van der Waals surface area contributed by atoms with Crippen LogP contribution in [0.15, 0.2) is 66.7 Å². The lowest BCUT2D eigenvalue weighted by atomic mass is 10.0. The van der Waals surface area contributed by atoms with Crippen molar-refractivity contribution in [1.82, 2.24) is 4.98 Å². The first kappa shape index (κ1) is 25.0. The minimum atomic E-state index is -0.224. The molecule has 3 nitrogen and oxygen atoms in total. The number of aryl methyl sites for hydroxylation is 1. The molecule has 0 unspecified atom stereocenters. The molecule has 0 atom stereocenters. The first-order valence-corrected chi connectivity index (χ1v) is 12.0. The minimum absolute atomic E-state index is 0.224. The fourth-order valence-corrected chi connectivity index (χ4v) is 3.66. The number of aliphatic hydroxyl groups excluding tert-OH is 1. The van der Waals surface area contributed by atoms with Gasteiger partial charge in [0, 0.05) is 23.1 Å². The summed E-state index contributed by atoms with van der Waals surface area (Å²) >= 11 is 0. The third-order valence-electron chi connectivity index (χ3n) is 5.51. The fourth-order valence-electron chi connectivity index (χ4n) is 3.66. The topological polar surface area (TPSA) is 50.2 Å². The lowest BCUT2D eigenvalue weighted by Gasteiger charge is -2.01. The zero-order valence-electron chi connectivity index (χ0n) is 19.6. The zero-order chi connectivity index (χ0) is 23.8. The number of rotatable bonds is 10. The second-order valence-corrected chi connectivity index (χ2v) is 8.28. The zero-order valence-corrected chi connectivity index (χ0v) is 19.6. The number of carbonyl (C=O) groups excluding carboxylic acids is 1. The van der Waals surface area contributed by atoms with E-state index in [-0.39, 0.29) is 12.3 Å². The van der Waals surface area contributed by atoms with E-state index >= 15 is 0 Å². The van der Waals surface area contributed by atoms with Crippen molar-refractivity contribution in [3.63, 3.8) is 0 Å². The molecular formula is C31H31NO2. The van der Waals surface area contributed by atoms with Gasteiger partial charge in [0.05, 0.1) is 12.3 Å². The fraction of sp³-hybridized carbons (Fsp3) is 0.290. The van der Waals surface area contributed by atoms with E-state index < -0.39 is 0 Å². The summed E-state index contributed by atoms with van der Waals surface area (Å²) in [5.74, 6) is 12.6. The van der Waals surface area contributed by atoms with Crippen molar-refractivity contribution >= 4 is 6.29 Å². The Labute approximate surface area is 203 Å². The molecule has 0 aliphatic heterocycles. The Morgan fingerprint density at radius 2 is 1.38 bits per heavy atom. The van der Waals surface area contributed by atoms with Gasteiger partial charge in [-0.15, -0.1) is 0 Å². The molecule has 0 spiro atoms. The molecule has 0 bridgehead atoms. The SMILES string of the molecule is O=Cc1cc(C#Cc2ccc(C#CCCCCCCCCc3ccccc3)cc2)cc(CO)n1. The van der Waals surface area contributed by atoms with Crippen LogP contribution in [0.25, 0.3) is 0 Å². The van der Waals surface area contributed by atoms with E-state index in [0.29, 0.717) is 17.5 Å². The predicted molar refractivity (Wildman–Crippen MR) is 137 cm³/mol. The van der Waals surface area contributed by atoms with Crippen molar-refractivity contribution in [2.45, 2.75) is 58.0 Å². The number of aromatic nitrogens is 1. The lowest BCUT2D eigenvalue weighted by Crippen LogP contribution is -1.96. The number of hydrogen-bond acceptors (Lipinski definition) is 3. The van der Waals surface area contributed by atoms with Crippen LogP contribution in [-0.2, 0) is 13.0 Å². The molecule has 0 fully saturated rings. The number of pyridine rings is 1. The van der Waals surface area contributed by atoms with Crippen LogP contribution in [0.1, 0.15) is 83.4 Å². The van der Waals surface area contributed by atoms with Crippen molar-refractivity contribution in [1.29, 1.82) is 0 Å². The largest absolute Gasteiger partial charge is 0.390 e. The highest BCUT2D eigenvalue weighted by molar-refractivity contribution is 5.72. The van der Waals surface area contributed by atoms with Crippen LogP contribution >= 0.6 is 0 Å². The number of unbranched alkanes of at least 4 members (excludes halogenated alkanes) is 6.